The van der Waals surface area contributed by atoms with Crippen LogP contribution in [0.15, 0.2) is 48.5 Å². The van der Waals surface area contributed by atoms with Crippen LogP contribution in [0.2, 0.25) is 0 Å². The van der Waals surface area contributed by atoms with E-state index in [0.717, 1.165) is 12.2 Å². The summed E-state index contributed by atoms with van der Waals surface area (Å²) in [6.45, 7) is 4.74. The van der Waals surface area contributed by atoms with E-state index in [4.69, 9.17) is 10.5 Å². The number of hydrogen-bond acceptors (Lipinski definition) is 3. The van der Waals surface area contributed by atoms with Crippen molar-refractivity contribution in [2.75, 3.05) is 19.4 Å². The molecule has 0 aliphatic heterocycles. The van der Waals surface area contributed by atoms with Crippen LogP contribution in [-0.2, 0) is 6.42 Å². The van der Waals surface area contributed by atoms with E-state index in [1.54, 1.807) is 31.4 Å². The number of nitrogens with zero attached hydrogens (tertiary/aromatic N) is 1. The van der Waals surface area contributed by atoms with Gasteiger partial charge in [-0.05, 0) is 62.2 Å². The van der Waals surface area contributed by atoms with Crippen molar-refractivity contribution in [2.45, 2.75) is 26.3 Å². The minimum absolute atomic E-state index is 0.0357. The SMILES string of the molecule is CCN(C(=O)c1ccc(N)cc1)C(C)Cc1ccc(OC)cc1. The molecule has 1 unspecified atom stereocenters. The maximum atomic E-state index is 12.7. The Bertz CT molecular complexity index is 635. The van der Waals surface area contributed by atoms with Crippen molar-refractivity contribution in [3.8, 4) is 5.75 Å². The zero-order valence-electron chi connectivity index (χ0n) is 14.0. The lowest BCUT2D eigenvalue weighted by Gasteiger charge is -2.28. The Morgan fingerprint density at radius 1 is 1.13 bits per heavy atom. The number of hydrogen-bond donors (Lipinski definition) is 1. The minimum Gasteiger partial charge on any atom is -0.497 e. The van der Waals surface area contributed by atoms with Gasteiger partial charge in [0, 0.05) is 23.8 Å². The number of carbonyl (C=O) groups excluding carboxylic acids is 1. The number of anilines is 1. The third-order valence-corrected chi connectivity index (χ3v) is 3.98. The van der Waals surface area contributed by atoms with Gasteiger partial charge in [0.2, 0.25) is 0 Å². The summed E-state index contributed by atoms with van der Waals surface area (Å²) in [6, 6.07) is 15.2. The summed E-state index contributed by atoms with van der Waals surface area (Å²) in [4.78, 5) is 14.6. The minimum atomic E-state index is 0.0357. The second-order valence-electron chi connectivity index (χ2n) is 5.61. The molecule has 0 aromatic heterocycles. The normalized spacial score (nSPS) is 11.8. The van der Waals surface area contributed by atoms with Gasteiger partial charge in [-0.1, -0.05) is 12.1 Å². The quantitative estimate of drug-likeness (QED) is 0.832. The van der Waals surface area contributed by atoms with Crippen LogP contribution < -0.4 is 10.5 Å². The highest BCUT2D eigenvalue weighted by Gasteiger charge is 2.20. The monoisotopic (exact) mass is 312 g/mol. The fourth-order valence-electron chi connectivity index (χ4n) is 2.66. The van der Waals surface area contributed by atoms with E-state index in [-0.39, 0.29) is 11.9 Å². The summed E-state index contributed by atoms with van der Waals surface area (Å²) < 4.78 is 5.17. The molecule has 2 N–H and O–H groups in total. The second-order valence-corrected chi connectivity index (χ2v) is 5.61. The van der Waals surface area contributed by atoms with Crippen LogP contribution in [0.4, 0.5) is 5.69 Å². The van der Waals surface area contributed by atoms with Crippen LogP contribution >= 0.6 is 0 Å². The number of benzene rings is 2. The Kier molecular flexibility index (Phi) is 5.63. The largest absolute Gasteiger partial charge is 0.497 e. The first-order chi connectivity index (χ1) is 11.0. The van der Waals surface area contributed by atoms with E-state index >= 15 is 0 Å². The van der Waals surface area contributed by atoms with Crippen LogP contribution in [0.3, 0.4) is 0 Å². The van der Waals surface area contributed by atoms with E-state index in [2.05, 4.69) is 6.92 Å². The van der Waals surface area contributed by atoms with Gasteiger partial charge in [-0.15, -0.1) is 0 Å². The molecule has 1 atom stereocenters. The smallest absolute Gasteiger partial charge is 0.254 e. The van der Waals surface area contributed by atoms with Crippen molar-refractivity contribution in [2.24, 2.45) is 0 Å². The lowest BCUT2D eigenvalue weighted by atomic mass is 10.0. The van der Waals surface area contributed by atoms with Crippen LogP contribution in [0.1, 0.15) is 29.8 Å². The standard InChI is InChI=1S/C19H24N2O2/c1-4-21(19(22)16-7-9-17(20)10-8-16)14(2)13-15-5-11-18(23-3)12-6-15/h5-12,14H,4,13,20H2,1-3H3. The highest BCUT2D eigenvalue weighted by molar-refractivity contribution is 5.94. The van der Waals surface area contributed by atoms with Gasteiger partial charge >= 0.3 is 0 Å². The van der Waals surface area contributed by atoms with Gasteiger partial charge in [0.05, 0.1) is 7.11 Å². The van der Waals surface area contributed by atoms with Gasteiger partial charge in [0.25, 0.3) is 5.91 Å². The van der Waals surface area contributed by atoms with Gasteiger partial charge in [-0.2, -0.15) is 0 Å². The zero-order chi connectivity index (χ0) is 16.8. The first-order valence-corrected chi connectivity index (χ1v) is 7.84. The molecule has 2 aromatic carbocycles. The van der Waals surface area contributed by atoms with Gasteiger partial charge < -0.3 is 15.4 Å². The average Bonchev–Trinajstić information content (AvgIpc) is 2.56. The molecule has 2 aromatic rings. The lowest BCUT2D eigenvalue weighted by Crippen LogP contribution is -2.39. The van der Waals surface area contributed by atoms with Gasteiger partial charge in [-0.25, -0.2) is 0 Å². The van der Waals surface area contributed by atoms with E-state index in [9.17, 15) is 4.79 Å². The molecule has 1 amide bonds. The van der Waals surface area contributed by atoms with Crippen molar-refractivity contribution in [1.82, 2.24) is 4.90 Å². The summed E-state index contributed by atoms with van der Waals surface area (Å²) in [7, 11) is 1.65. The van der Waals surface area contributed by atoms with E-state index < -0.39 is 0 Å². The van der Waals surface area contributed by atoms with Crippen LogP contribution in [0.5, 0.6) is 5.75 Å². The maximum Gasteiger partial charge on any atom is 0.254 e. The number of ether oxygens (including phenoxy) is 1. The number of carbonyl (C=O) groups is 1. The van der Waals surface area contributed by atoms with Crippen molar-refractivity contribution in [3.63, 3.8) is 0 Å². The third-order valence-electron chi connectivity index (χ3n) is 3.98. The molecule has 2 rings (SSSR count). The third kappa shape index (κ3) is 4.25. The molecule has 0 saturated heterocycles. The molecular formula is C19H24N2O2. The fraction of sp³-hybridized carbons (Fsp3) is 0.316. The number of amides is 1. The zero-order valence-corrected chi connectivity index (χ0v) is 14.0. The maximum absolute atomic E-state index is 12.7. The molecule has 0 fully saturated rings. The number of rotatable bonds is 6. The summed E-state index contributed by atoms with van der Waals surface area (Å²) >= 11 is 0. The Morgan fingerprint density at radius 2 is 1.74 bits per heavy atom. The Morgan fingerprint density at radius 3 is 2.26 bits per heavy atom. The van der Waals surface area contributed by atoms with Crippen molar-refractivity contribution < 1.29 is 9.53 Å². The van der Waals surface area contributed by atoms with E-state index in [0.29, 0.717) is 17.8 Å². The first kappa shape index (κ1) is 16.9. The van der Waals surface area contributed by atoms with Crippen LogP contribution in [0.25, 0.3) is 0 Å². The molecule has 4 nitrogen and oxygen atoms in total. The number of likely N-dealkylation sites (N-methyl/N-ethyl adjacent to an activating group) is 1. The molecule has 0 spiro atoms. The summed E-state index contributed by atoms with van der Waals surface area (Å²) in [5.74, 6) is 0.875. The molecule has 0 saturated carbocycles. The molecule has 122 valence electrons. The van der Waals surface area contributed by atoms with Crippen LogP contribution in [-0.4, -0.2) is 30.5 Å². The number of nitrogens with two attached hydrogens (primary N) is 1. The highest BCUT2D eigenvalue weighted by Crippen LogP contribution is 2.16. The molecule has 0 aliphatic rings. The van der Waals surface area contributed by atoms with Crippen molar-refractivity contribution >= 4 is 11.6 Å². The Balaban J connectivity index is 2.09. The predicted octanol–water partition coefficient (Wildman–Crippen LogP) is 3.37. The van der Waals surface area contributed by atoms with Crippen molar-refractivity contribution in [1.29, 1.82) is 0 Å². The Labute approximate surface area is 137 Å². The first-order valence-electron chi connectivity index (χ1n) is 7.84. The van der Waals surface area contributed by atoms with Gasteiger partial charge in [0.1, 0.15) is 5.75 Å². The molecule has 0 aliphatic carbocycles. The predicted molar refractivity (Wildman–Crippen MR) is 93.7 cm³/mol. The topological polar surface area (TPSA) is 55.6 Å². The second kappa shape index (κ2) is 7.68. The average molecular weight is 312 g/mol. The van der Waals surface area contributed by atoms with Gasteiger partial charge in [-0.3, -0.25) is 4.79 Å². The lowest BCUT2D eigenvalue weighted by molar-refractivity contribution is 0.0703. The molecule has 0 heterocycles. The number of nitrogen functional groups attached to an aromatic ring is 1. The molecule has 0 bridgehead atoms. The summed E-state index contributed by atoms with van der Waals surface area (Å²) in [5.41, 5.74) is 8.20. The highest BCUT2D eigenvalue weighted by atomic mass is 16.5. The molecule has 23 heavy (non-hydrogen) atoms. The summed E-state index contributed by atoms with van der Waals surface area (Å²) in [5, 5.41) is 0. The summed E-state index contributed by atoms with van der Waals surface area (Å²) in [6.07, 6.45) is 0.804. The Hall–Kier alpha value is -2.49. The molecular weight excluding hydrogens is 288 g/mol. The van der Waals surface area contributed by atoms with Crippen molar-refractivity contribution in [3.05, 3.63) is 59.7 Å². The fourth-order valence-corrected chi connectivity index (χ4v) is 2.66. The van der Waals surface area contributed by atoms with Gasteiger partial charge in [0.15, 0.2) is 0 Å². The molecule has 0 radical (unpaired) electrons. The van der Waals surface area contributed by atoms with E-state index in [1.165, 1.54) is 5.56 Å². The van der Waals surface area contributed by atoms with E-state index in [1.807, 2.05) is 36.1 Å². The van der Waals surface area contributed by atoms with Crippen LogP contribution in [0, 0.1) is 0 Å². The molecule has 4 heteroatoms. The number of methoxy groups -OCH3 is 1.